The van der Waals surface area contributed by atoms with Crippen molar-refractivity contribution in [3.8, 4) is 0 Å². The second kappa shape index (κ2) is 9.91. The lowest BCUT2D eigenvalue weighted by molar-refractivity contribution is -0.807. The zero-order valence-electron chi connectivity index (χ0n) is 11.5. The second-order valence-corrected chi connectivity index (χ2v) is 4.17. The molecule has 1 unspecified atom stereocenters. The first-order valence-electron chi connectivity index (χ1n) is 6.00. The molecule has 0 radical (unpaired) electrons. The summed E-state index contributed by atoms with van der Waals surface area (Å²) in [6.45, 7) is 0.642. The Labute approximate surface area is 140 Å². The van der Waals surface area contributed by atoms with Crippen LogP contribution in [0.25, 0.3) is 0 Å². The van der Waals surface area contributed by atoms with Gasteiger partial charge < -0.3 is 35.8 Å². The Morgan fingerprint density at radius 3 is 2.59 bits per heavy atom. The summed E-state index contributed by atoms with van der Waals surface area (Å²) in [4.78, 5) is 11.7. The SMILES string of the molecule is NC(=O)c1cc[n+](COC[NH+]2C=CC=CC2=NO)cc1.[Cl-].[Cl-]. The van der Waals surface area contributed by atoms with Crippen LogP contribution in [0.4, 0.5) is 0 Å². The van der Waals surface area contributed by atoms with Crippen molar-refractivity contribution >= 4 is 11.7 Å². The van der Waals surface area contributed by atoms with E-state index in [2.05, 4.69) is 5.16 Å². The Hall–Kier alpha value is -1.93. The van der Waals surface area contributed by atoms with Gasteiger partial charge in [0.1, 0.15) is 6.20 Å². The maximum Gasteiger partial charge on any atom is 0.266 e. The van der Waals surface area contributed by atoms with Crippen molar-refractivity contribution in [3.63, 3.8) is 0 Å². The van der Waals surface area contributed by atoms with E-state index in [1.165, 1.54) is 0 Å². The molecule has 9 heteroatoms. The standard InChI is InChI=1S/C13H14N4O3.2ClH/c14-13(18)11-4-7-16(8-5-11)9-20-10-17-6-2-1-3-12(17)15-19;;/h1-8H,9-10H2,(H2-,14,18,19);2*1H. The average molecular weight is 347 g/mol. The van der Waals surface area contributed by atoms with E-state index in [-0.39, 0.29) is 24.8 Å². The Balaban J connectivity index is 0.00000220. The van der Waals surface area contributed by atoms with Crippen LogP contribution in [0.2, 0.25) is 0 Å². The number of primary amides is 1. The van der Waals surface area contributed by atoms with E-state index in [1.807, 2.05) is 12.3 Å². The molecule has 1 aliphatic rings. The van der Waals surface area contributed by atoms with Crippen molar-refractivity contribution < 1.29 is 49.0 Å². The molecule has 1 atom stereocenters. The van der Waals surface area contributed by atoms with E-state index in [9.17, 15) is 4.79 Å². The molecule has 120 valence electrons. The van der Waals surface area contributed by atoms with E-state index in [0.717, 1.165) is 4.90 Å². The molecule has 1 amide bonds. The van der Waals surface area contributed by atoms with Crippen LogP contribution < -0.4 is 40.0 Å². The molecule has 7 nitrogen and oxygen atoms in total. The number of hydrogen-bond donors (Lipinski definition) is 3. The molecule has 1 aliphatic heterocycles. The number of quaternary nitrogens is 1. The fourth-order valence-corrected chi connectivity index (χ4v) is 1.70. The lowest BCUT2D eigenvalue weighted by Crippen LogP contribution is -3.10. The van der Waals surface area contributed by atoms with E-state index in [4.69, 9.17) is 15.7 Å². The van der Waals surface area contributed by atoms with Crippen LogP contribution >= 0.6 is 0 Å². The normalized spacial score (nSPS) is 17.6. The van der Waals surface area contributed by atoms with Gasteiger partial charge in [0.15, 0.2) is 19.1 Å². The molecular formula is C13H16Cl2N4O3. The minimum Gasteiger partial charge on any atom is -1.00 e. The molecule has 1 aromatic heterocycles. The molecule has 2 heterocycles. The highest BCUT2D eigenvalue weighted by molar-refractivity contribution is 5.92. The summed E-state index contributed by atoms with van der Waals surface area (Å²) >= 11 is 0. The summed E-state index contributed by atoms with van der Waals surface area (Å²) in [5.41, 5.74) is 5.61. The third-order valence-electron chi connectivity index (χ3n) is 2.77. The highest BCUT2D eigenvalue weighted by Gasteiger charge is 2.15. The number of rotatable bonds is 5. The minimum absolute atomic E-state index is 0. The van der Waals surface area contributed by atoms with Gasteiger partial charge in [-0.05, 0) is 17.3 Å². The molecule has 0 spiro atoms. The van der Waals surface area contributed by atoms with Crippen molar-refractivity contribution in [2.24, 2.45) is 10.9 Å². The molecule has 4 N–H and O–H groups in total. The zero-order valence-corrected chi connectivity index (χ0v) is 13.0. The van der Waals surface area contributed by atoms with Gasteiger partial charge in [-0.3, -0.25) is 9.53 Å². The van der Waals surface area contributed by atoms with Crippen molar-refractivity contribution in [2.45, 2.75) is 6.73 Å². The van der Waals surface area contributed by atoms with Crippen molar-refractivity contribution in [1.82, 2.24) is 0 Å². The summed E-state index contributed by atoms with van der Waals surface area (Å²) in [6, 6.07) is 3.26. The number of amides is 1. The number of carbonyl (C=O) groups excluding carboxylic acids is 1. The summed E-state index contributed by atoms with van der Waals surface area (Å²) in [7, 11) is 0. The fraction of sp³-hybridized carbons (Fsp3) is 0.154. The number of pyridine rings is 1. The van der Waals surface area contributed by atoms with Crippen LogP contribution in [0.5, 0.6) is 0 Å². The number of amidine groups is 1. The van der Waals surface area contributed by atoms with Crippen LogP contribution in [-0.2, 0) is 11.5 Å². The first kappa shape index (κ1) is 20.1. The lowest BCUT2D eigenvalue weighted by atomic mass is 10.2. The van der Waals surface area contributed by atoms with E-state index < -0.39 is 5.91 Å². The van der Waals surface area contributed by atoms with E-state index in [0.29, 0.717) is 24.9 Å². The van der Waals surface area contributed by atoms with E-state index in [1.54, 1.807) is 41.2 Å². The van der Waals surface area contributed by atoms with Crippen molar-refractivity contribution in [3.05, 3.63) is 54.5 Å². The smallest absolute Gasteiger partial charge is 0.266 e. The topological polar surface area (TPSA) is 93.2 Å². The summed E-state index contributed by atoms with van der Waals surface area (Å²) in [5, 5.41) is 12.0. The minimum atomic E-state index is -0.462. The largest absolute Gasteiger partial charge is 1.00 e. The zero-order chi connectivity index (χ0) is 14.4. The van der Waals surface area contributed by atoms with Gasteiger partial charge in [-0.2, -0.15) is 4.57 Å². The number of nitrogens with two attached hydrogens (primary N) is 1. The molecule has 1 aromatic rings. The van der Waals surface area contributed by atoms with Gasteiger partial charge in [0.05, 0.1) is 5.56 Å². The maximum atomic E-state index is 10.9. The quantitative estimate of drug-likeness (QED) is 0.281. The number of nitrogens with one attached hydrogen (secondary N) is 1. The van der Waals surface area contributed by atoms with Gasteiger partial charge in [-0.1, -0.05) is 0 Å². The third-order valence-corrected chi connectivity index (χ3v) is 2.77. The molecular weight excluding hydrogens is 331 g/mol. The number of nitrogens with zero attached hydrogens (tertiary/aromatic N) is 2. The highest BCUT2D eigenvalue weighted by Crippen LogP contribution is 1.92. The van der Waals surface area contributed by atoms with Gasteiger partial charge in [-0.15, -0.1) is 0 Å². The first-order valence-corrected chi connectivity index (χ1v) is 6.00. The van der Waals surface area contributed by atoms with Gasteiger partial charge in [0.25, 0.3) is 12.6 Å². The Morgan fingerprint density at radius 2 is 2.00 bits per heavy atom. The number of allylic oxidation sites excluding steroid dienone is 2. The number of halogens is 2. The Kier molecular flexibility index (Phi) is 9.04. The number of aromatic nitrogens is 1. The number of carbonyl (C=O) groups is 1. The highest BCUT2D eigenvalue weighted by atomic mass is 35.5. The van der Waals surface area contributed by atoms with Crippen molar-refractivity contribution in [2.75, 3.05) is 6.73 Å². The molecule has 0 bridgehead atoms. The Bertz CT molecular complexity index is 573. The fourth-order valence-electron chi connectivity index (χ4n) is 1.70. The van der Waals surface area contributed by atoms with Crippen LogP contribution in [0.15, 0.2) is 54.1 Å². The van der Waals surface area contributed by atoms with E-state index >= 15 is 0 Å². The average Bonchev–Trinajstić information content (AvgIpc) is 2.48. The first-order chi connectivity index (χ1) is 9.70. The number of ether oxygens (including phenoxy) is 1. The predicted octanol–water partition coefficient (Wildman–Crippen LogP) is -7.23. The van der Waals surface area contributed by atoms with Crippen LogP contribution in [0.3, 0.4) is 0 Å². The van der Waals surface area contributed by atoms with Crippen LogP contribution in [0, 0.1) is 0 Å². The molecule has 0 aliphatic carbocycles. The molecule has 0 aromatic carbocycles. The molecule has 0 saturated heterocycles. The summed E-state index contributed by atoms with van der Waals surface area (Å²) in [5.74, 6) is 0.0260. The van der Waals surface area contributed by atoms with Crippen LogP contribution in [0.1, 0.15) is 10.4 Å². The molecule has 2 rings (SSSR count). The Morgan fingerprint density at radius 1 is 1.32 bits per heavy atom. The molecule has 22 heavy (non-hydrogen) atoms. The number of hydrogen-bond acceptors (Lipinski definition) is 4. The summed E-state index contributed by atoms with van der Waals surface area (Å²) in [6.07, 6.45) is 10.6. The van der Waals surface area contributed by atoms with Gasteiger partial charge in [0.2, 0.25) is 5.91 Å². The van der Waals surface area contributed by atoms with Crippen LogP contribution in [-0.4, -0.2) is 23.7 Å². The lowest BCUT2D eigenvalue weighted by Gasteiger charge is -2.13. The molecule has 0 saturated carbocycles. The monoisotopic (exact) mass is 346 g/mol. The van der Waals surface area contributed by atoms with Crippen molar-refractivity contribution in [1.29, 1.82) is 0 Å². The predicted molar refractivity (Wildman–Crippen MR) is 69.6 cm³/mol. The van der Waals surface area contributed by atoms with Gasteiger partial charge in [0, 0.05) is 18.2 Å². The van der Waals surface area contributed by atoms with Gasteiger partial charge >= 0.3 is 0 Å². The summed E-state index contributed by atoms with van der Waals surface area (Å²) < 4.78 is 7.29. The second-order valence-electron chi connectivity index (χ2n) is 4.17. The maximum absolute atomic E-state index is 10.9. The molecule has 0 fully saturated rings. The third kappa shape index (κ3) is 5.45. The number of oxime groups is 1. The van der Waals surface area contributed by atoms with Gasteiger partial charge in [-0.25, -0.2) is 4.90 Å².